The average Bonchev–Trinajstić information content (AvgIpc) is 2.37. The predicted molar refractivity (Wildman–Crippen MR) is 73.9 cm³/mol. The Balaban J connectivity index is 2.68. The maximum atomic E-state index is 11.7. The molecule has 0 bridgehead atoms. The number of hydrogen-bond acceptors (Lipinski definition) is 5. The van der Waals surface area contributed by atoms with Crippen molar-refractivity contribution in [2.45, 2.75) is 19.0 Å². The first kappa shape index (κ1) is 16.0. The number of carboxylic acids is 1. The third kappa shape index (κ3) is 4.92. The van der Waals surface area contributed by atoms with Crippen LogP contribution in [0.15, 0.2) is 21.9 Å². The number of aromatic nitrogens is 2. The molecule has 3 N–H and O–H groups in total. The highest BCUT2D eigenvalue weighted by atomic mass is 32.2. The molecule has 0 aliphatic heterocycles. The molecule has 0 fully saturated rings. The van der Waals surface area contributed by atoms with E-state index in [-0.39, 0.29) is 6.54 Å². The summed E-state index contributed by atoms with van der Waals surface area (Å²) in [5.74, 6) is -1.13. The first-order valence-electron chi connectivity index (χ1n) is 5.75. The van der Waals surface area contributed by atoms with Crippen LogP contribution >= 0.6 is 11.8 Å². The number of rotatable bonds is 7. The standard InChI is InChI=1S/C11H15N3O5S/c1-20-5-3-7(10(17)18)12-9(16)6-14-4-2-8(15)13-11(14)19/h2,4,7H,3,5-6H2,1H3,(H,12,16)(H,17,18)(H,13,15,19). The van der Waals surface area contributed by atoms with E-state index in [4.69, 9.17) is 5.11 Å². The minimum Gasteiger partial charge on any atom is -0.480 e. The lowest BCUT2D eigenvalue weighted by Crippen LogP contribution is -2.44. The molecule has 1 unspecified atom stereocenters. The Kier molecular flexibility index (Phi) is 6.04. The maximum Gasteiger partial charge on any atom is 0.328 e. The summed E-state index contributed by atoms with van der Waals surface area (Å²) in [6, 6.07) is 0.116. The van der Waals surface area contributed by atoms with Crippen molar-refractivity contribution in [2.75, 3.05) is 12.0 Å². The van der Waals surface area contributed by atoms with Gasteiger partial charge in [-0.3, -0.25) is 19.1 Å². The molecule has 0 aliphatic carbocycles. The van der Waals surface area contributed by atoms with Gasteiger partial charge in [0.1, 0.15) is 12.6 Å². The predicted octanol–water partition coefficient (Wildman–Crippen LogP) is -1.14. The molecule has 8 nitrogen and oxygen atoms in total. The van der Waals surface area contributed by atoms with Crippen LogP contribution in [0, 0.1) is 0 Å². The lowest BCUT2D eigenvalue weighted by atomic mass is 10.2. The van der Waals surface area contributed by atoms with Crippen molar-refractivity contribution >= 4 is 23.6 Å². The van der Waals surface area contributed by atoms with E-state index in [1.54, 1.807) is 0 Å². The van der Waals surface area contributed by atoms with Crippen molar-refractivity contribution in [1.29, 1.82) is 0 Å². The third-order valence-electron chi connectivity index (χ3n) is 2.45. The molecule has 0 aliphatic rings. The van der Waals surface area contributed by atoms with Gasteiger partial charge in [0.25, 0.3) is 5.56 Å². The van der Waals surface area contributed by atoms with Crippen molar-refractivity contribution in [2.24, 2.45) is 0 Å². The molecular formula is C11H15N3O5S. The summed E-state index contributed by atoms with van der Waals surface area (Å²) in [7, 11) is 0. The monoisotopic (exact) mass is 301 g/mol. The summed E-state index contributed by atoms with van der Waals surface area (Å²) in [6.45, 7) is -0.349. The van der Waals surface area contributed by atoms with Gasteiger partial charge in [-0.25, -0.2) is 9.59 Å². The zero-order valence-corrected chi connectivity index (χ0v) is 11.6. The van der Waals surface area contributed by atoms with E-state index in [1.807, 2.05) is 11.2 Å². The Morgan fingerprint density at radius 1 is 1.50 bits per heavy atom. The first-order chi connectivity index (χ1) is 9.43. The van der Waals surface area contributed by atoms with Crippen LogP contribution in [0.25, 0.3) is 0 Å². The van der Waals surface area contributed by atoms with Crippen molar-refractivity contribution < 1.29 is 14.7 Å². The molecule has 1 aromatic rings. The molecule has 9 heteroatoms. The Morgan fingerprint density at radius 3 is 2.75 bits per heavy atom. The highest BCUT2D eigenvalue weighted by Gasteiger charge is 2.19. The van der Waals surface area contributed by atoms with Gasteiger partial charge in [-0.2, -0.15) is 11.8 Å². The summed E-state index contributed by atoms with van der Waals surface area (Å²) in [6.07, 6.45) is 3.31. The minimum atomic E-state index is -1.12. The number of H-pyrrole nitrogens is 1. The summed E-state index contributed by atoms with van der Waals surface area (Å²) in [5, 5.41) is 11.3. The second-order valence-electron chi connectivity index (χ2n) is 3.98. The Labute approximate surface area is 118 Å². The zero-order chi connectivity index (χ0) is 15.1. The van der Waals surface area contributed by atoms with E-state index in [9.17, 15) is 19.2 Å². The summed E-state index contributed by atoms with van der Waals surface area (Å²) in [5.41, 5.74) is -1.28. The Hall–Kier alpha value is -2.03. The highest BCUT2D eigenvalue weighted by molar-refractivity contribution is 7.98. The van der Waals surface area contributed by atoms with Crippen molar-refractivity contribution in [1.82, 2.24) is 14.9 Å². The quantitative estimate of drug-likeness (QED) is 0.585. The number of carbonyl (C=O) groups is 2. The molecule has 0 saturated carbocycles. The summed E-state index contributed by atoms with van der Waals surface area (Å²) >= 11 is 1.47. The number of nitrogens with one attached hydrogen (secondary N) is 2. The Bertz CT molecular complexity index is 594. The highest BCUT2D eigenvalue weighted by Crippen LogP contribution is 2.01. The lowest BCUT2D eigenvalue weighted by molar-refractivity contribution is -0.141. The number of thioether (sulfide) groups is 1. The number of carboxylic acid groups (broad SMARTS) is 1. The van der Waals surface area contributed by atoms with Crippen LogP contribution in [0.4, 0.5) is 0 Å². The minimum absolute atomic E-state index is 0.294. The molecule has 0 aromatic carbocycles. The number of aromatic amines is 1. The van der Waals surface area contributed by atoms with Crippen LogP contribution in [-0.4, -0.2) is 44.6 Å². The fourth-order valence-corrected chi connectivity index (χ4v) is 1.93. The molecule has 110 valence electrons. The maximum absolute atomic E-state index is 11.7. The number of amides is 1. The van der Waals surface area contributed by atoms with Gasteiger partial charge < -0.3 is 10.4 Å². The van der Waals surface area contributed by atoms with Crippen LogP contribution in [0.2, 0.25) is 0 Å². The SMILES string of the molecule is CSCCC(NC(=O)Cn1ccc(=O)[nH]c1=O)C(=O)O. The van der Waals surface area contributed by atoms with Crippen molar-refractivity contribution in [3.63, 3.8) is 0 Å². The summed E-state index contributed by atoms with van der Waals surface area (Å²) < 4.78 is 0.990. The van der Waals surface area contributed by atoms with E-state index in [0.717, 1.165) is 10.6 Å². The molecule has 1 heterocycles. The smallest absolute Gasteiger partial charge is 0.328 e. The molecule has 1 amide bonds. The van der Waals surface area contributed by atoms with Crippen LogP contribution in [0.3, 0.4) is 0 Å². The second-order valence-corrected chi connectivity index (χ2v) is 4.96. The van der Waals surface area contributed by atoms with Crippen molar-refractivity contribution in [3.8, 4) is 0 Å². The molecule has 1 aromatic heterocycles. The molecule has 0 saturated heterocycles. The van der Waals surface area contributed by atoms with E-state index < -0.39 is 29.2 Å². The summed E-state index contributed by atoms with van der Waals surface area (Å²) in [4.78, 5) is 46.9. The molecule has 1 rings (SSSR count). The topological polar surface area (TPSA) is 121 Å². The van der Waals surface area contributed by atoms with Crippen molar-refractivity contribution in [3.05, 3.63) is 33.1 Å². The third-order valence-corrected chi connectivity index (χ3v) is 3.10. The van der Waals surface area contributed by atoms with E-state index in [2.05, 4.69) is 5.32 Å². The van der Waals surface area contributed by atoms with Gasteiger partial charge in [-0.05, 0) is 18.4 Å². The van der Waals surface area contributed by atoms with Gasteiger partial charge in [-0.1, -0.05) is 0 Å². The van der Waals surface area contributed by atoms with Gasteiger partial charge in [0, 0.05) is 12.3 Å². The average molecular weight is 301 g/mol. The van der Waals surface area contributed by atoms with Crippen LogP contribution in [0.1, 0.15) is 6.42 Å². The fraction of sp³-hybridized carbons (Fsp3) is 0.455. The van der Waals surface area contributed by atoms with E-state index in [1.165, 1.54) is 18.0 Å². The van der Waals surface area contributed by atoms with Gasteiger partial charge in [0.2, 0.25) is 5.91 Å². The molecule has 0 spiro atoms. The van der Waals surface area contributed by atoms with Crippen LogP contribution < -0.4 is 16.6 Å². The number of carbonyl (C=O) groups excluding carboxylic acids is 1. The van der Waals surface area contributed by atoms with Gasteiger partial charge in [0.15, 0.2) is 0 Å². The molecular weight excluding hydrogens is 286 g/mol. The largest absolute Gasteiger partial charge is 0.480 e. The van der Waals surface area contributed by atoms with Gasteiger partial charge >= 0.3 is 11.7 Å². The number of hydrogen-bond donors (Lipinski definition) is 3. The van der Waals surface area contributed by atoms with E-state index >= 15 is 0 Å². The van der Waals surface area contributed by atoms with E-state index in [0.29, 0.717) is 12.2 Å². The molecule has 0 radical (unpaired) electrons. The Morgan fingerprint density at radius 2 is 2.20 bits per heavy atom. The number of nitrogens with zero attached hydrogens (tertiary/aromatic N) is 1. The molecule has 20 heavy (non-hydrogen) atoms. The van der Waals surface area contributed by atoms with Gasteiger partial charge in [-0.15, -0.1) is 0 Å². The van der Waals surface area contributed by atoms with Crippen LogP contribution in [-0.2, 0) is 16.1 Å². The first-order valence-corrected chi connectivity index (χ1v) is 7.14. The number of aliphatic carboxylic acids is 1. The fourth-order valence-electron chi connectivity index (χ4n) is 1.46. The molecule has 1 atom stereocenters. The normalized spacial score (nSPS) is 11.8. The van der Waals surface area contributed by atoms with Crippen LogP contribution in [0.5, 0.6) is 0 Å². The van der Waals surface area contributed by atoms with Gasteiger partial charge in [0.05, 0.1) is 0 Å². The zero-order valence-electron chi connectivity index (χ0n) is 10.8. The lowest BCUT2D eigenvalue weighted by Gasteiger charge is -2.14. The second kappa shape index (κ2) is 7.53.